The van der Waals surface area contributed by atoms with E-state index in [1.54, 1.807) is 17.5 Å². The fraction of sp³-hybridized carbons (Fsp3) is 0.208. The first-order valence-electron chi connectivity index (χ1n) is 9.92. The van der Waals surface area contributed by atoms with E-state index >= 15 is 0 Å². The molecule has 0 bridgehead atoms. The zero-order chi connectivity index (χ0) is 20.8. The third-order valence-corrected chi connectivity index (χ3v) is 5.85. The summed E-state index contributed by atoms with van der Waals surface area (Å²) in [6, 6.07) is 20.1. The van der Waals surface area contributed by atoms with Crippen LogP contribution in [0.2, 0.25) is 0 Å². The molecule has 1 N–H and O–H groups in total. The van der Waals surface area contributed by atoms with Gasteiger partial charge in [-0.15, -0.1) is 11.3 Å². The molecule has 0 spiro atoms. The summed E-state index contributed by atoms with van der Waals surface area (Å²) in [6.07, 6.45) is 3.68. The van der Waals surface area contributed by atoms with Crippen LogP contribution in [0.25, 0.3) is 10.6 Å². The van der Waals surface area contributed by atoms with Crippen molar-refractivity contribution in [1.29, 1.82) is 0 Å². The van der Waals surface area contributed by atoms with Gasteiger partial charge in [-0.25, -0.2) is 15.0 Å². The van der Waals surface area contributed by atoms with Crippen molar-refractivity contribution in [2.75, 3.05) is 11.9 Å². The molecule has 4 aromatic rings. The van der Waals surface area contributed by atoms with Crippen LogP contribution in [0, 0.1) is 6.92 Å². The van der Waals surface area contributed by atoms with Gasteiger partial charge in [0.1, 0.15) is 11.6 Å². The van der Waals surface area contributed by atoms with Crippen molar-refractivity contribution in [1.82, 2.24) is 15.0 Å². The number of anilines is 2. The fourth-order valence-corrected chi connectivity index (χ4v) is 3.93. The van der Waals surface area contributed by atoms with E-state index in [1.165, 1.54) is 5.56 Å². The predicted octanol–water partition coefficient (Wildman–Crippen LogP) is 5.97. The molecule has 1 aromatic carbocycles. The molecule has 6 heteroatoms. The molecule has 1 atom stereocenters. The minimum Gasteiger partial charge on any atom is -0.376 e. The summed E-state index contributed by atoms with van der Waals surface area (Å²) in [5.74, 6) is 1.78. The van der Waals surface area contributed by atoms with Crippen LogP contribution in [-0.4, -0.2) is 21.6 Å². The van der Waals surface area contributed by atoms with Gasteiger partial charge < -0.3 is 10.1 Å². The summed E-state index contributed by atoms with van der Waals surface area (Å²) < 4.78 is 5.88. The van der Waals surface area contributed by atoms with E-state index in [4.69, 9.17) is 9.72 Å². The van der Waals surface area contributed by atoms with Crippen molar-refractivity contribution in [3.63, 3.8) is 0 Å². The maximum absolute atomic E-state index is 5.88. The van der Waals surface area contributed by atoms with Gasteiger partial charge in [0, 0.05) is 18.3 Å². The minimum atomic E-state index is 0.227. The van der Waals surface area contributed by atoms with Gasteiger partial charge in [0.15, 0.2) is 0 Å². The van der Waals surface area contributed by atoms with Gasteiger partial charge in [0.2, 0.25) is 0 Å². The Bertz CT molecular complexity index is 1100. The zero-order valence-electron chi connectivity index (χ0n) is 17.1. The van der Waals surface area contributed by atoms with E-state index in [2.05, 4.69) is 34.3 Å². The van der Waals surface area contributed by atoms with Gasteiger partial charge in [0.25, 0.3) is 0 Å². The number of ether oxygens (including phenoxy) is 1. The highest BCUT2D eigenvalue weighted by atomic mass is 32.1. The largest absolute Gasteiger partial charge is 0.376 e. The lowest BCUT2D eigenvalue weighted by Gasteiger charge is -2.09. The molecular formula is C24H24N4OS. The number of thiazole rings is 1. The fourth-order valence-electron chi connectivity index (χ4n) is 3.01. The summed E-state index contributed by atoms with van der Waals surface area (Å²) in [4.78, 5) is 14.7. The highest BCUT2D eigenvalue weighted by Gasteiger charge is 2.13. The van der Waals surface area contributed by atoms with Crippen LogP contribution in [0.5, 0.6) is 0 Å². The van der Waals surface area contributed by atoms with Crippen molar-refractivity contribution >= 4 is 23.0 Å². The normalized spacial score (nSPS) is 11.9. The molecule has 0 amide bonds. The summed E-state index contributed by atoms with van der Waals surface area (Å²) in [5.41, 5.74) is 3.23. The number of nitrogens with one attached hydrogen (secondary N) is 1. The maximum atomic E-state index is 5.88. The summed E-state index contributed by atoms with van der Waals surface area (Å²) in [7, 11) is 0. The molecule has 0 radical (unpaired) electrons. The Hall–Kier alpha value is -3.09. The van der Waals surface area contributed by atoms with Crippen molar-refractivity contribution in [3.05, 3.63) is 89.2 Å². The van der Waals surface area contributed by atoms with E-state index in [1.807, 2.05) is 61.7 Å². The standard InChI is InChI=1S/C24H24N4OS/c1-17-11-12-25-23(13-17)28-22-10-6-9-20(27-22)21-14-26-24(30-21)18(2)15-29-16-19-7-4-3-5-8-19/h3-14,18H,15-16H2,1-2H3,(H,25,27,28). The topological polar surface area (TPSA) is 59.9 Å². The van der Waals surface area contributed by atoms with Gasteiger partial charge in [-0.3, -0.25) is 0 Å². The Kier molecular flexibility index (Phi) is 6.47. The van der Waals surface area contributed by atoms with Crippen LogP contribution < -0.4 is 5.32 Å². The molecule has 0 saturated heterocycles. The molecule has 30 heavy (non-hydrogen) atoms. The Balaban J connectivity index is 1.39. The zero-order valence-corrected chi connectivity index (χ0v) is 17.9. The monoisotopic (exact) mass is 416 g/mol. The van der Waals surface area contributed by atoms with Crippen molar-refractivity contribution in [2.45, 2.75) is 26.4 Å². The van der Waals surface area contributed by atoms with Gasteiger partial charge in [-0.2, -0.15) is 0 Å². The van der Waals surface area contributed by atoms with Crippen molar-refractivity contribution in [3.8, 4) is 10.6 Å². The highest BCUT2D eigenvalue weighted by molar-refractivity contribution is 7.15. The first-order chi connectivity index (χ1) is 14.7. The molecule has 0 aliphatic carbocycles. The molecule has 4 rings (SSSR count). The van der Waals surface area contributed by atoms with Crippen LogP contribution in [-0.2, 0) is 11.3 Å². The first kappa shape index (κ1) is 20.2. The van der Waals surface area contributed by atoms with E-state index in [-0.39, 0.29) is 5.92 Å². The second-order valence-corrected chi connectivity index (χ2v) is 8.28. The third kappa shape index (κ3) is 5.28. The second kappa shape index (κ2) is 9.61. The second-order valence-electron chi connectivity index (χ2n) is 7.22. The molecule has 0 saturated carbocycles. The van der Waals surface area contributed by atoms with Crippen molar-refractivity contribution in [2.24, 2.45) is 0 Å². The Labute approximate surface area is 180 Å². The molecule has 3 aromatic heterocycles. The van der Waals surface area contributed by atoms with Crippen LogP contribution in [0.3, 0.4) is 0 Å². The van der Waals surface area contributed by atoms with E-state index in [0.717, 1.165) is 32.8 Å². The molecule has 5 nitrogen and oxygen atoms in total. The van der Waals surface area contributed by atoms with Crippen LogP contribution in [0.4, 0.5) is 11.6 Å². The van der Waals surface area contributed by atoms with E-state index < -0.39 is 0 Å². The molecule has 152 valence electrons. The van der Waals surface area contributed by atoms with Crippen LogP contribution in [0.15, 0.2) is 73.1 Å². The summed E-state index contributed by atoms with van der Waals surface area (Å²) in [6.45, 7) is 5.43. The number of hydrogen-bond acceptors (Lipinski definition) is 6. The Morgan fingerprint density at radius 2 is 1.87 bits per heavy atom. The van der Waals surface area contributed by atoms with Crippen LogP contribution in [0.1, 0.15) is 29.0 Å². The first-order valence-corrected chi connectivity index (χ1v) is 10.7. The smallest absolute Gasteiger partial charge is 0.132 e. The predicted molar refractivity (Wildman–Crippen MR) is 122 cm³/mol. The van der Waals surface area contributed by atoms with E-state index in [0.29, 0.717) is 13.2 Å². The van der Waals surface area contributed by atoms with Gasteiger partial charge >= 0.3 is 0 Å². The SMILES string of the molecule is Cc1ccnc(Nc2cccc(-c3cnc(C(C)COCc4ccccc4)s3)n2)c1. The van der Waals surface area contributed by atoms with E-state index in [9.17, 15) is 0 Å². The average molecular weight is 417 g/mol. The van der Waals surface area contributed by atoms with Gasteiger partial charge in [-0.1, -0.05) is 43.3 Å². The number of aromatic nitrogens is 3. The molecule has 1 unspecified atom stereocenters. The molecule has 0 aliphatic heterocycles. The van der Waals surface area contributed by atoms with Crippen molar-refractivity contribution < 1.29 is 4.74 Å². The molecule has 0 fully saturated rings. The molecular weight excluding hydrogens is 392 g/mol. The Morgan fingerprint density at radius 3 is 2.70 bits per heavy atom. The lowest BCUT2D eigenvalue weighted by Crippen LogP contribution is -2.04. The van der Waals surface area contributed by atoms with Gasteiger partial charge in [-0.05, 0) is 42.3 Å². The number of benzene rings is 1. The highest BCUT2D eigenvalue weighted by Crippen LogP contribution is 2.30. The number of aryl methyl sites for hydroxylation is 1. The lowest BCUT2D eigenvalue weighted by molar-refractivity contribution is 0.110. The molecule has 0 aliphatic rings. The summed E-state index contributed by atoms with van der Waals surface area (Å²) in [5, 5.41) is 4.32. The Morgan fingerprint density at radius 1 is 1.00 bits per heavy atom. The number of hydrogen-bond donors (Lipinski definition) is 1. The maximum Gasteiger partial charge on any atom is 0.132 e. The summed E-state index contributed by atoms with van der Waals surface area (Å²) >= 11 is 1.66. The number of rotatable bonds is 8. The average Bonchev–Trinajstić information content (AvgIpc) is 3.25. The minimum absolute atomic E-state index is 0.227. The van der Waals surface area contributed by atoms with Gasteiger partial charge in [0.05, 0.1) is 28.8 Å². The quantitative estimate of drug-likeness (QED) is 0.383. The number of nitrogens with zero attached hydrogens (tertiary/aromatic N) is 3. The third-order valence-electron chi connectivity index (χ3n) is 4.60. The van der Waals surface area contributed by atoms with Crippen LogP contribution >= 0.6 is 11.3 Å². The molecule has 3 heterocycles. The number of pyridine rings is 2. The lowest BCUT2D eigenvalue weighted by atomic mass is 10.2.